The number of carbonyl (C=O) groups excluding carboxylic acids is 4. The SMILES string of the molecule is CCCCCCCC(=O)NCCSC(=O)CCC(=O)[13CH2][13C](C)=O. The number of unbranched alkanes of at least 4 members (excludes halogenated alkanes) is 4. The largest absolute Gasteiger partial charge is 0.355 e. The molecule has 23 heavy (non-hydrogen) atoms. The lowest BCUT2D eigenvalue weighted by Gasteiger charge is -2.05. The molecule has 0 spiro atoms. The van der Waals surface area contributed by atoms with Crippen LogP contribution >= 0.6 is 11.8 Å². The monoisotopic (exact) mass is 345 g/mol. The van der Waals surface area contributed by atoms with Gasteiger partial charge < -0.3 is 5.32 Å². The van der Waals surface area contributed by atoms with Crippen LogP contribution in [-0.4, -0.2) is 34.9 Å². The van der Waals surface area contributed by atoms with Crippen LogP contribution in [0.3, 0.4) is 0 Å². The van der Waals surface area contributed by atoms with Crippen molar-refractivity contribution in [2.24, 2.45) is 0 Å². The highest BCUT2D eigenvalue weighted by atomic mass is 32.2. The van der Waals surface area contributed by atoms with Gasteiger partial charge in [0.05, 0.1) is 6.42 Å². The average molecular weight is 345 g/mol. The zero-order chi connectivity index (χ0) is 17.5. The van der Waals surface area contributed by atoms with E-state index >= 15 is 0 Å². The first kappa shape index (κ1) is 21.8. The van der Waals surface area contributed by atoms with Crippen LogP contribution in [0.15, 0.2) is 0 Å². The van der Waals surface area contributed by atoms with Gasteiger partial charge in [0.1, 0.15) is 11.6 Å². The van der Waals surface area contributed by atoms with Gasteiger partial charge in [0, 0.05) is 31.6 Å². The molecular formula is C17H29NO4S. The van der Waals surface area contributed by atoms with Crippen LogP contribution in [0.2, 0.25) is 0 Å². The standard InChI is InChI=1S/C17H29NO4S/c1-3-4-5-6-7-8-16(21)18-11-12-23-17(22)10-9-15(20)13-14(2)19/h3-13H2,1-2H3,(H,18,21)/i13+1,14+1. The molecule has 0 radical (unpaired) electrons. The predicted octanol–water partition coefficient (Wildman–Crippen LogP) is 3.05. The van der Waals surface area contributed by atoms with E-state index in [9.17, 15) is 19.2 Å². The van der Waals surface area contributed by atoms with E-state index in [0.717, 1.165) is 24.6 Å². The van der Waals surface area contributed by atoms with Crippen molar-refractivity contribution in [1.82, 2.24) is 5.32 Å². The summed E-state index contributed by atoms with van der Waals surface area (Å²) in [4.78, 5) is 45.2. The van der Waals surface area contributed by atoms with E-state index < -0.39 is 0 Å². The van der Waals surface area contributed by atoms with Crippen molar-refractivity contribution in [1.29, 1.82) is 0 Å². The fraction of sp³-hybridized carbons (Fsp3) is 0.765. The lowest BCUT2D eigenvalue weighted by molar-refractivity contribution is -0.127. The van der Waals surface area contributed by atoms with E-state index in [-0.39, 0.29) is 41.9 Å². The van der Waals surface area contributed by atoms with Crippen LogP contribution in [0.5, 0.6) is 0 Å². The van der Waals surface area contributed by atoms with Crippen molar-refractivity contribution in [3.05, 3.63) is 0 Å². The molecule has 0 saturated carbocycles. The number of nitrogens with one attached hydrogen (secondary N) is 1. The molecule has 0 aromatic heterocycles. The Hall–Kier alpha value is -1.17. The maximum absolute atomic E-state index is 11.6. The maximum atomic E-state index is 11.6. The second kappa shape index (κ2) is 14.4. The van der Waals surface area contributed by atoms with Crippen LogP contribution < -0.4 is 5.32 Å². The summed E-state index contributed by atoms with van der Waals surface area (Å²) in [6.07, 6.45) is 6.31. The Labute approximate surface area is 143 Å². The van der Waals surface area contributed by atoms with Crippen molar-refractivity contribution in [2.75, 3.05) is 12.3 Å². The minimum atomic E-state index is -0.192. The Kier molecular flexibility index (Phi) is 13.7. The number of amides is 1. The molecule has 0 aliphatic rings. The fourth-order valence-electron chi connectivity index (χ4n) is 2.01. The first-order chi connectivity index (χ1) is 11.0. The summed E-state index contributed by atoms with van der Waals surface area (Å²) in [5.74, 6) is 0.183. The third kappa shape index (κ3) is 15.5. The van der Waals surface area contributed by atoms with Gasteiger partial charge in [-0.2, -0.15) is 0 Å². The molecule has 0 aromatic carbocycles. The average Bonchev–Trinajstić information content (AvgIpc) is 2.48. The Morgan fingerprint density at radius 1 is 0.913 bits per heavy atom. The molecule has 0 atom stereocenters. The molecule has 0 aliphatic carbocycles. The van der Waals surface area contributed by atoms with Crippen LogP contribution in [0, 0.1) is 0 Å². The molecule has 1 N–H and O–H groups in total. The molecule has 0 unspecified atom stereocenters. The van der Waals surface area contributed by atoms with Gasteiger partial charge in [0.25, 0.3) is 0 Å². The Balaban J connectivity index is 3.52. The molecule has 0 aromatic rings. The van der Waals surface area contributed by atoms with Crippen LogP contribution in [0.1, 0.15) is 71.6 Å². The van der Waals surface area contributed by atoms with Gasteiger partial charge in [-0.3, -0.25) is 19.2 Å². The number of ketones is 2. The quantitative estimate of drug-likeness (QED) is 0.297. The third-order valence-corrected chi connectivity index (χ3v) is 4.18. The van der Waals surface area contributed by atoms with E-state index in [2.05, 4.69) is 12.2 Å². The number of rotatable bonds is 14. The molecule has 132 valence electrons. The maximum Gasteiger partial charge on any atom is 0.220 e. The lowest BCUT2D eigenvalue weighted by atomic mass is 10.1. The number of carbonyl (C=O) groups is 4. The van der Waals surface area contributed by atoms with Gasteiger partial charge in [0.2, 0.25) is 5.91 Å². The number of thioether (sulfide) groups is 1. The number of hydrogen-bond acceptors (Lipinski definition) is 5. The van der Waals surface area contributed by atoms with E-state index in [4.69, 9.17) is 0 Å². The summed E-state index contributed by atoms with van der Waals surface area (Å²) in [6.45, 7) is 3.98. The second-order valence-corrected chi connectivity index (χ2v) is 6.80. The molecule has 0 bridgehead atoms. The minimum Gasteiger partial charge on any atom is -0.355 e. The Morgan fingerprint density at radius 2 is 1.61 bits per heavy atom. The highest BCUT2D eigenvalue weighted by molar-refractivity contribution is 8.13. The fourth-order valence-corrected chi connectivity index (χ4v) is 2.69. The summed E-state index contributed by atoms with van der Waals surface area (Å²) in [7, 11) is 0. The summed E-state index contributed by atoms with van der Waals surface area (Å²) in [6, 6.07) is 0. The summed E-state index contributed by atoms with van der Waals surface area (Å²) < 4.78 is 0. The van der Waals surface area contributed by atoms with Gasteiger partial charge in [-0.15, -0.1) is 0 Å². The first-order valence-electron chi connectivity index (χ1n) is 8.39. The Bertz CT molecular complexity index is 396. The molecule has 0 saturated heterocycles. The van der Waals surface area contributed by atoms with E-state index in [1.807, 2.05) is 0 Å². The van der Waals surface area contributed by atoms with Gasteiger partial charge >= 0.3 is 0 Å². The molecule has 0 aliphatic heterocycles. The van der Waals surface area contributed by atoms with Gasteiger partial charge in [-0.1, -0.05) is 44.4 Å². The highest BCUT2D eigenvalue weighted by Crippen LogP contribution is 2.08. The smallest absolute Gasteiger partial charge is 0.220 e. The van der Waals surface area contributed by atoms with Crippen LogP contribution in [0.25, 0.3) is 0 Å². The molecule has 1 amide bonds. The normalized spacial score (nSPS) is 10.3. The van der Waals surface area contributed by atoms with Crippen LogP contribution in [-0.2, 0) is 19.2 Å². The van der Waals surface area contributed by atoms with Crippen molar-refractivity contribution in [3.8, 4) is 0 Å². The molecule has 5 nitrogen and oxygen atoms in total. The first-order valence-corrected chi connectivity index (χ1v) is 9.37. The van der Waals surface area contributed by atoms with Crippen molar-refractivity contribution in [3.63, 3.8) is 0 Å². The molecule has 0 fully saturated rings. The lowest BCUT2D eigenvalue weighted by Crippen LogP contribution is -2.25. The second-order valence-electron chi connectivity index (χ2n) is 5.65. The topological polar surface area (TPSA) is 80.3 Å². The van der Waals surface area contributed by atoms with Crippen molar-refractivity contribution < 1.29 is 19.2 Å². The predicted molar refractivity (Wildman–Crippen MR) is 93.4 cm³/mol. The van der Waals surface area contributed by atoms with Gasteiger partial charge in [-0.05, 0) is 13.3 Å². The van der Waals surface area contributed by atoms with Crippen LogP contribution in [0.4, 0.5) is 0 Å². The zero-order valence-electron chi connectivity index (χ0n) is 14.3. The molecule has 0 rings (SSSR count). The number of Topliss-reactive ketones (excluding diaryl/α,β-unsaturated/α-hetero) is 2. The van der Waals surface area contributed by atoms with E-state index in [0.29, 0.717) is 18.7 Å². The third-order valence-electron chi connectivity index (χ3n) is 3.25. The highest BCUT2D eigenvalue weighted by Gasteiger charge is 2.09. The summed E-state index contributed by atoms with van der Waals surface area (Å²) in [5, 5.41) is 2.72. The Morgan fingerprint density at radius 3 is 2.26 bits per heavy atom. The molecule has 6 heteroatoms. The van der Waals surface area contributed by atoms with E-state index in [1.165, 1.54) is 26.2 Å². The summed E-state index contributed by atoms with van der Waals surface area (Å²) in [5.41, 5.74) is 0. The minimum absolute atomic E-state index is 0.0335. The number of hydrogen-bond donors (Lipinski definition) is 1. The van der Waals surface area contributed by atoms with Gasteiger partial charge in [-0.25, -0.2) is 0 Å². The summed E-state index contributed by atoms with van der Waals surface area (Å²) >= 11 is 1.12. The van der Waals surface area contributed by atoms with E-state index in [1.54, 1.807) is 0 Å². The van der Waals surface area contributed by atoms with Gasteiger partial charge in [0.15, 0.2) is 5.12 Å². The molecular weight excluding hydrogens is 316 g/mol. The molecule has 0 heterocycles. The zero-order valence-corrected chi connectivity index (χ0v) is 15.1. The van der Waals surface area contributed by atoms with Crippen molar-refractivity contribution >= 4 is 34.4 Å². The van der Waals surface area contributed by atoms with Crippen molar-refractivity contribution in [2.45, 2.75) is 71.6 Å².